The first-order chi connectivity index (χ1) is 12.2. The molecule has 0 bridgehead atoms. The fourth-order valence-electron chi connectivity index (χ4n) is 2.05. The molecule has 0 saturated carbocycles. The molecule has 0 unspecified atom stereocenters. The normalized spacial score (nSPS) is 11.6. The molecule has 0 aliphatic heterocycles. The molecular weight excluding hydrogens is 375 g/mol. The van der Waals surface area contributed by atoms with Gasteiger partial charge in [0.1, 0.15) is 28.7 Å². The summed E-state index contributed by atoms with van der Waals surface area (Å²) in [6, 6.07) is 5.41. The Morgan fingerprint density at radius 2 is 2.19 bits per heavy atom. The number of alkyl halides is 1. The van der Waals surface area contributed by atoms with Gasteiger partial charge in [0, 0.05) is 31.2 Å². The van der Waals surface area contributed by atoms with Gasteiger partial charge in [-0.2, -0.15) is 9.64 Å². The van der Waals surface area contributed by atoms with Crippen molar-refractivity contribution in [2.75, 3.05) is 13.6 Å². The molecule has 0 spiro atoms. The zero-order valence-electron chi connectivity index (χ0n) is 15.3. The van der Waals surface area contributed by atoms with Crippen LogP contribution >= 0.6 is 23.1 Å². The number of aryl methyl sites for hydroxylation is 1. The lowest BCUT2D eigenvalue weighted by molar-refractivity contribution is 0.215. The van der Waals surface area contributed by atoms with Crippen LogP contribution < -0.4 is 4.74 Å². The van der Waals surface area contributed by atoms with Crippen LogP contribution in [0.15, 0.2) is 17.1 Å². The summed E-state index contributed by atoms with van der Waals surface area (Å²) in [7, 11) is 1.92. The Morgan fingerprint density at radius 1 is 1.50 bits per heavy atom. The molecule has 2 rings (SSSR count). The number of halogens is 2. The molecule has 1 aromatic carbocycles. The summed E-state index contributed by atoms with van der Waals surface area (Å²) in [6.45, 7) is 7.41. The van der Waals surface area contributed by atoms with Crippen LogP contribution in [0, 0.1) is 18.3 Å². The average Bonchev–Trinajstić information content (AvgIpc) is 2.99. The number of rotatable bonds is 6. The monoisotopic (exact) mass is 394 g/mol. The van der Waals surface area contributed by atoms with Crippen LogP contribution in [0.4, 0.5) is 10.1 Å². The van der Waals surface area contributed by atoms with Crippen LogP contribution in [-0.4, -0.2) is 29.2 Å². The lowest BCUT2D eigenvalue weighted by atomic mass is 10.0. The minimum absolute atomic E-state index is 0.0765. The Bertz CT molecular complexity index is 867. The van der Waals surface area contributed by atoms with Gasteiger partial charge in [-0.25, -0.2) is 9.38 Å². The van der Waals surface area contributed by atoms with Crippen LogP contribution in [0.25, 0.3) is 0 Å². The second-order valence-electron chi connectivity index (χ2n) is 6.27. The predicted molar refractivity (Wildman–Crippen MR) is 104 cm³/mol. The van der Waals surface area contributed by atoms with Crippen LogP contribution in [0.1, 0.15) is 37.6 Å². The molecule has 0 N–H and O–H groups in total. The van der Waals surface area contributed by atoms with Gasteiger partial charge in [0.25, 0.3) is 0 Å². The molecule has 0 fully saturated rings. The fourth-order valence-corrected chi connectivity index (χ4v) is 3.09. The summed E-state index contributed by atoms with van der Waals surface area (Å²) in [5, 5.41) is 10.0. The van der Waals surface area contributed by atoms with Crippen LogP contribution in [0.3, 0.4) is 0 Å². The lowest BCUT2D eigenvalue weighted by Gasteiger charge is -2.12. The Hall–Kier alpha value is -2.17. The van der Waals surface area contributed by atoms with Crippen LogP contribution in [0.2, 0.25) is 5.02 Å². The number of nitriles is 1. The van der Waals surface area contributed by atoms with Crippen molar-refractivity contribution >= 4 is 35.2 Å². The van der Waals surface area contributed by atoms with E-state index in [-0.39, 0.29) is 16.3 Å². The smallest absolute Gasteiger partial charge is 0.218 e. The second-order valence-corrected chi connectivity index (χ2v) is 7.41. The van der Waals surface area contributed by atoms with E-state index >= 15 is 0 Å². The lowest BCUT2D eigenvalue weighted by Crippen LogP contribution is -2.14. The highest BCUT2D eigenvalue weighted by Crippen LogP contribution is 2.40. The van der Waals surface area contributed by atoms with Gasteiger partial charge in [0.15, 0.2) is 0 Å². The molecule has 5 nitrogen and oxygen atoms in total. The Balaban J connectivity index is 2.35. The van der Waals surface area contributed by atoms with Gasteiger partial charge in [-0.3, -0.25) is 0 Å². The molecule has 0 atom stereocenters. The van der Waals surface area contributed by atoms with E-state index in [1.165, 1.54) is 13.8 Å². The second kappa shape index (κ2) is 8.02. The topological polar surface area (TPSA) is 61.5 Å². The van der Waals surface area contributed by atoms with Crippen molar-refractivity contribution in [1.82, 2.24) is 9.27 Å². The number of aromatic nitrogens is 1. The minimum atomic E-state index is -1.72. The van der Waals surface area contributed by atoms with E-state index < -0.39 is 5.67 Å². The quantitative estimate of drug-likeness (QED) is 0.473. The zero-order valence-corrected chi connectivity index (χ0v) is 16.9. The van der Waals surface area contributed by atoms with Crippen molar-refractivity contribution in [1.29, 1.82) is 5.26 Å². The number of ether oxygens (including phenoxy) is 1. The Labute approximate surface area is 161 Å². The highest BCUT2D eigenvalue weighted by Gasteiger charge is 2.29. The molecule has 1 aromatic heterocycles. The van der Waals surface area contributed by atoms with Gasteiger partial charge < -0.3 is 9.64 Å². The highest BCUT2D eigenvalue weighted by atomic mass is 35.5. The van der Waals surface area contributed by atoms with Crippen molar-refractivity contribution < 1.29 is 9.13 Å². The van der Waals surface area contributed by atoms with Gasteiger partial charge in [0.2, 0.25) is 5.06 Å². The van der Waals surface area contributed by atoms with Gasteiger partial charge in [-0.15, -0.1) is 0 Å². The molecule has 26 heavy (non-hydrogen) atoms. The van der Waals surface area contributed by atoms with E-state index in [1.54, 1.807) is 18.5 Å². The first kappa shape index (κ1) is 20.1. The molecule has 0 aliphatic carbocycles. The van der Waals surface area contributed by atoms with Gasteiger partial charge in [0.05, 0.1) is 17.0 Å². The molecular formula is C18H20ClFN4OS. The third-order valence-electron chi connectivity index (χ3n) is 3.68. The van der Waals surface area contributed by atoms with Crippen molar-refractivity contribution in [3.63, 3.8) is 0 Å². The highest BCUT2D eigenvalue weighted by molar-refractivity contribution is 7.08. The van der Waals surface area contributed by atoms with Crippen molar-refractivity contribution in [3.05, 3.63) is 34.0 Å². The SMILES string of the molecule is CCN(C)C=Nc1cc(C)c(Oc2snc(C(C)(C)F)c2C#N)cc1Cl. The third-order valence-corrected chi connectivity index (χ3v) is 4.71. The summed E-state index contributed by atoms with van der Waals surface area (Å²) in [4.78, 5) is 6.28. The van der Waals surface area contributed by atoms with E-state index in [4.69, 9.17) is 16.3 Å². The summed E-state index contributed by atoms with van der Waals surface area (Å²) in [5.41, 5.74) is -0.136. The van der Waals surface area contributed by atoms with Crippen molar-refractivity contribution in [3.8, 4) is 16.9 Å². The van der Waals surface area contributed by atoms with E-state index in [0.29, 0.717) is 16.5 Å². The van der Waals surface area contributed by atoms with Crippen LogP contribution in [0.5, 0.6) is 10.8 Å². The maximum absolute atomic E-state index is 14.2. The van der Waals surface area contributed by atoms with E-state index in [0.717, 1.165) is 23.6 Å². The standard InChI is InChI=1S/C18H20ClFN4OS/c1-6-24(5)10-22-14-7-11(2)15(8-13(14)19)25-17-12(9-21)16(23-26-17)18(3,4)20/h7-8,10H,6H2,1-5H3. The molecule has 138 valence electrons. The number of nitrogens with zero attached hydrogens (tertiary/aromatic N) is 4. The number of hydrogen-bond donors (Lipinski definition) is 0. The summed E-state index contributed by atoms with van der Waals surface area (Å²) in [6.07, 6.45) is 1.70. The maximum atomic E-state index is 14.2. The van der Waals surface area contributed by atoms with Gasteiger partial charge in [-0.05, 0) is 39.3 Å². The third kappa shape index (κ3) is 4.51. The molecule has 2 aromatic rings. The average molecular weight is 395 g/mol. The zero-order chi connectivity index (χ0) is 19.5. The largest absolute Gasteiger partial charge is 0.443 e. The first-order valence-electron chi connectivity index (χ1n) is 7.99. The summed E-state index contributed by atoms with van der Waals surface area (Å²) < 4.78 is 24.0. The number of aliphatic imine (C=N–C) groups is 1. The summed E-state index contributed by atoms with van der Waals surface area (Å²) >= 11 is 7.24. The van der Waals surface area contributed by atoms with Crippen molar-refractivity contribution in [2.45, 2.75) is 33.4 Å². The molecule has 0 radical (unpaired) electrons. The fraction of sp³-hybridized carbons (Fsp3) is 0.389. The maximum Gasteiger partial charge on any atom is 0.218 e. The van der Waals surface area contributed by atoms with Gasteiger partial charge >= 0.3 is 0 Å². The minimum Gasteiger partial charge on any atom is -0.443 e. The Kier molecular flexibility index (Phi) is 6.21. The predicted octanol–water partition coefficient (Wildman–Crippen LogP) is 5.59. The van der Waals surface area contributed by atoms with Crippen LogP contribution in [-0.2, 0) is 5.67 Å². The van der Waals surface area contributed by atoms with Gasteiger partial charge in [-0.1, -0.05) is 11.6 Å². The number of hydrogen-bond acceptors (Lipinski definition) is 5. The molecule has 0 amide bonds. The molecule has 1 heterocycles. The van der Waals surface area contributed by atoms with Crippen molar-refractivity contribution in [2.24, 2.45) is 4.99 Å². The Morgan fingerprint density at radius 3 is 2.77 bits per heavy atom. The molecule has 8 heteroatoms. The van der Waals surface area contributed by atoms with E-state index in [1.807, 2.05) is 31.9 Å². The first-order valence-corrected chi connectivity index (χ1v) is 9.14. The summed E-state index contributed by atoms with van der Waals surface area (Å²) in [5.74, 6) is 0.473. The molecule has 0 saturated heterocycles. The molecule has 0 aliphatic rings. The number of benzene rings is 1. The van der Waals surface area contributed by atoms with E-state index in [2.05, 4.69) is 9.37 Å². The van der Waals surface area contributed by atoms with E-state index in [9.17, 15) is 9.65 Å².